The summed E-state index contributed by atoms with van der Waals surface area (Å²) in [5.74, 6) is -0.406. The number of aryl methyl sites for hydroxylation is 1. The van der Waals surface area contributed by atoms with Gasteiger partial charge in [0.1, 0.15) is 11.4 Å². The van der Waals surface area contributed by atoms with Crippen molar-refractivity contribution in [2.45, 2.75) is 45.6 Å². The molecular weight excluding hydrogens is 334 g/mol. The molecule has 0 heterocycles. The number of carbonyl (C=O) groups is 1. The molecule has 1 atom stereocenters. The lowest BCUT2D eigenvalue weighted by Gasteiger charge is -2.20. The molecule has 0 aliphatic heterocycles. The first-order valence-electron chi connectivity index (χ1n) is 8.77. The summed E-state index contributed by atoms with van der Waals surface area (Å²) in [5, 5.41) is 14.6. The van der Waals surface area contributed by atoms with Gasteiger partial charge in [-0.3, -0.25) is 19.6 Å². The van der Waals surface area contributed by atoms with Gasteiger partial charge in [0.25, 0.3) is 10.9 Å². The molecule has 0 aromatic heterocycles. The molecule has 0 radical (unpaired) electrons. The van der Waals surface area contributed by atoms with Gasteiger partial charge in [-0.15, -0.1) is 0 Å². The third-order valence-electron chi connectivity index (χ3n) is 4.32. The van der Waals surface area contributed by atoms with E-state index in [2.05, 4.69) is 10.6 Å². The minimum absolute atomic E-state index is 0.0873. The van der Waals surface area contributed by atoms with E-state index < -0.39 is 16.8 Å². The Bertz CT molecular complexity index is 824. The Morgan fingerprint density at radius 2 is 1.85 bits per heavy atom. The lowest BCUT2D eigenvalue weighted by Crippen LogP contribution is -2.38. The number of unbranched alkanes of at least 4 members (excludes halogenated alkanes) is 2. The zero-order valence-corrected chi connectivity index (χ0v) is 15.1. The van der Waals surface area contributed by atoms with E-state index in [0.717, 1.165) is 24.0 Å². The van der Waals surface area contributed by atoms with Crippen molar-refractivity contribution in [1.29, 1.82) is 0 Å². The fourth-order valence-electron chi connectivity index (χ4n) is 2.79. The zero-order chi connectivity index (χ0) is 19.1. The number of hydroxylamine groups is 1. The van der Waals surface area contributed by atoms with Crippen LogP contribution >= 0.6 is 0 Å². The van der Waals surface area contributed by atoms with Crippen LogP contribution in [0.2, 0.25) is 0 Å². The molecule has 1 amide bonds. The number of anilines is 2. The standard InChI is InChI=1S/C19H25N3O4/c1-12-7-6-8-14(11-12)13(2)21-17-16(18(24)19(17)25)20-10-5-3-4-9-15(23)22-26/h6-8,11,13,20-21,26H,3-5,9-10H2,1-2H3,(H,22,23)/t13-/m1/s1. The predicted molar refractivity (Wildman–Crippen MR) is 101 cm³/mol. The minimum atomic E-state index is -0.497. The summed E-state index contributed by atoms with van der Waals surface area (Å²) in [4.78, 5) is 34.6. The molecule has 140 valence electrons. The molecule has 0 saturated heterocycles. The predicted octanol–water partition coefficient (Wildman–Crippen LogP) is 2.24. The van der Waals surface area contributed by atoms with E-state index in [-0.39, 0.29) is 12.5 Å². The summed E-state index contributed by atoms with van der Waals surface area (Å²) in [7, 11) is 0. The van der Waals surface area contributed by atoms with E-state index in [4.69, 9.17) is 5.21 Å². The van der Waals surface area contributed by atoms with E-state index in [9.17, 15) is 14.4 Å². The van der Waals surface area contributed by atoms with Crippen molar-refractivity contribution in [3.05, 3.63) is 55.8 Å². The molecule has 26 heavy (non-hydrogen) atoms. The van der Waals surface area contributed by atoms with Gasteiger partial charge in [-0.05, 0) is 32.3 Å². The maximum atomic E-state index is 11.9. The van der Waals surface area contributed by atoms with Gasteiger partial charge in [-0.1, -0.05) is 36.2 Å². The summed E-state index contributed by atoms with van der Waals surface area (Å²) in [6.45, 7) is 4.49. The highest BCUT2D eigenvalue weighted by Crippen LogP contribution is 2.23. The van der Waals surface area contributed by atoms with Crippen LogP contribution in [0.1, 0.15) is 49.8 Å². The molecule has 0 aliphatic rings. The summed E-state index contributed by atoms with van der Waals surface area (Å²) in [6.07, 6.45) is 2.44. The molecule has 0 fully saturated rings. The quantitative estimate of drug-likeness (QED) is 0.224. The summed E-state index contributed by atoms with van der Waals surface area (Å²) < 4.78 is 0. The van der Waals surface area contributed by atoms with Crippen LogP contribution in [-0.4, -0.2) is 17.7 Å². The van der Waals surface area contributed by atoms with Crippen LogP contribution in [0.3, 0.4) is 0 Å². The smallest absolute Gasteiger partial charge is 0.253 e. The summed E-state index contributed by atoms with van der Waals surface area (Å²) in [5.41, 5.74) is 3.45. The van der Waals surface area contributed by atoms with Crippen molar-refractivity contribution in [1.82, 2.24) is 5.48 Å². The number of hydrogen-bond donors (Lipinski definition) is 4. The topological polar surface area (TPSA) is 108 Å². The van der Waals surface area contributed by atoms with Crippen molar-refractivity contribution in [2.75, 3.05) is 17.2 Å². The molecule has 2 aromatic rings. The zero-order valence-electron chi connectivity index (χ0n) is 15.1. The lowest BCUT2D eigenvalue weighted by atomic mass is 10.0. The number of hydrogen-bond acceptors (Lipinski definition) is 6. The first kappa shape index (κ1) is 19.7. The van der Waals surface area contributed by atoms with Gasteiger partial charge in [0.05, 0.1) is 0 Å². The molecule has 4 N–H and O–H groups in total. The Labute approximate surface area is 152 Å². The van der Waals surface area contributed by atoms with E-state index in [1.165, 1.54) is 0 Å². The highest BCUT2D eigenvalue weighted by Gasteiger charge is 2.22. The number of benzene rings is 1. The fraction of sp³-hybridized carbons (Fsp3) is 0.421. The van der Waals surface area contributed by atoms with Crippen LogP contribution in [0.5, 0.6) is 0 Å². The number of nitrogens with one attached hydrogen (secondary N) is 3. The van der Waals surface area contributed by atoms with Crippen molar-refractivity contribution in [3.63, 3.8) is 0 Å². The van der Waals surface area contributed by atoms with E-state index in [1.54, 1.807) is 5.48 Å². The number of amides is 1. The highest BCUT2D eigenvalue weighted by molar-refractivity contribution is 5.75. The maximum absolute atomic E-state index is 11.9. The molecule has 7 nitrogen and oxygen atoms in total. The molecule has 2 rings (SSSR count). The van der Waals surface area contributed by atoms with Gasteiger partial charge in [0, 0.05) is 19.0 Å². The van der Waals surface area contributed by atoms with E-state index in [0.29, 0.717) is 24.3 Å². The van der Waals surface area contributed by atoms with Gasteiger partial charge in [0.2, 0.25) is 5.91 Å². The first-order valence-corrected chi connectivity index (χ1v) is 8.77. The largest absolute Gasteiger partial charge is 0.380 e. The molecule has 0 unspecified atom stereocenters. The van der Waals surface area contributed by atoms with Crippen molar-refractivity contribution in [3.8, 4) is 0 Å². The minimum Gasteiger partial charge on any atom is -0.380 e. The Morgan fingerprint density at radius 3 is 2.54 bits per heavy atom. The van der Waals surface area contributed by atoms with Crippen LogP contribution in [0.25, 0.3) is 0 Å². The normalized spacial score (nSPS) is 12.0. The SMILES string of the molecule is Cc1cccc([C@@H](C)Nc2c(NCCCCCC(=O)NO)c(=O)c2=O)c1. The molecule has 0 bridgehead atoms. The number of rotatable bonds is 10. The summed E-state index contributed by atoms with van der Waals surface area (Å²) >= 11 is 0. The third-order valence-corrected chi connectivity index (χ3v) is 4.32. The Kier molecular flexibility index (Phi) is 6.91. The lowest BCUT2D eigenvalue weighted by molar-refractivity contribution is -0.129. The van der Waals surface area contributed by atoms with Crippen LogP contribution in [-0.2, 0) is 4.79 Å². The van der Waals surface area contributed by atoms with Gasteiger partial charge in [0.15, 0.2) is 0 Å². The molecule has 2 aromatic carbocycles. The monoisotopic (exact) mass is 359 g/mol. The highest BCUT2D eigenvalue weighted by atomic mass is 16.5. The van der Waals surface area contributed by atoms with Crippen molar-refractivity contribution < 1.29 is 10.0 Å². The molecule has 0 spiro atoms. The fourth-order valence-corrected chi connectivity index (χ4v) is 2.79. The Morgan fingerprint density at radius 1 is 1.12 bits per heavy atom. The molecular formula is C19H25N3O4. The first-order chi connectivity index (χ1) is 12.4. The molecule has 7 heteroatoms. The van der Waals surface area contributed by atoms with Crippen LogP contribution in [0.15, 0.2) is 33.9 Å². The van der Waals surface area contributed by atoms with Gasteiger partial charge in [-0.2, -0.15) is 0 Å². The third kappa shape index (κ3) is 4.92. The van der Waals surface area contributed by atoms with Gasteiger partial charge < -0.3 is 10.6 Å². The molecule has 0 aliphatic carbocycles. The second kappa shape index (κ2) is 9.15. The van der Waals surface area contributed by atoms with Gasteiger partial charge >= 0.3 is 0 Å². The van der Waals surface area contributed by atoms with E-state index in [1.807, 2.05) is 38.1 Å². The van der Waals surface area contributed by atoms with Crippen LogP contribution < -0.4 is 27.0 Å². The van der Waals surface area contributed by atoms with Crippen molar-refractivity contribution in [2.24, 2.45) is 0 Å². The molecule has 0 saturated carbocycles. The maximum Gasteiger partial charge on any atom is 0.253 e. The Hall–Kier alpha value is -2.67. The van der Waals surface area contributed by atoms with E-state index >= 15 is 0 Å². The Balaban J connectivity index is 1.86. The second-order valence-electron chi connectivity index (χ2n) is 6.46. The van der Waals surface area contributed by atoms with Crippen LogP contribution in [0.4, 0.5) is 11.4 Å². The van der Waals surface area contributed by atoms with Gasteiger partial charge in [-0.25, -0.2) is 5.48 Å². The van der Waals surface area contributed by atoms with Crippen molar-refractivity contribution >= 4 is 17.3 Å². The average Bonchev–Trinajstić information content (AvgIpc) is 2.65. The summed E-state index contributed by atoms with van der Waals surface area (Å²) in [6, 6.07) is 7.90. The number of carbonyl (C=O) groups excluding carboxylic acids is 1. The second-order valence-corrected chi connectivity index (χ2v) is 6.46. The van der Waals surface area contributed by atoms with Crippen LogP contribution in [0, 0.1) is 6.92 Å². The average molecular weight is 359 g/mol.